The second-order valence-electron chi connectivity index (χ2n) is 5.50. The number of rotatable bonds is 8. The summed E-state index contributed by atoms with van der Waals surface area (Å²) in [5, 5.41) is 2.78. The third-order valence-corrected chi connectivity index (χ3v) is 4.88. The number of hydrogen-bond acceptors (Lipinski definition) is 3. The molecule has 2 aromatic rings. The first-order valence-electron chi connectivity index (χ1n) is 7.99. The molecule has 0 aromatic heterocycles. The van der Waals surface area contributed by atoms with Crippen molar-refractivity contribution in [1.29, 1.82) is 0 Å². The van der Waals surface area contributed by atoms with Crippen molar-refractivity contribution in [3.63, 3.8) is 0 Å². The Morgan fingerprint density at radius 3 is 2.21 bits per heavy atom. The van der Waals surface area contributed by atoms with E-state index in [1.807, 2.05) is 6.07 Å². The first-order chi connectivity index (χ1) is 11.5. The molecule has 0 spiro atoms. The maximum atomic E-state index is 12.3. The molecule has 2 rings (SSSR count). The fourth-order valence-corrected chi connectivity index (χ4v) is 3.26. The van der Waals surface area contributed by atoms with Crippen molar-refractivity contribution in [1.82, 2.24) is 0 Å². The van der Waals surface area contributed by atoms with Crippen molar-refractivity contribution in [3.8, 4) is 0 Å². The van der Waals surface area contributed by atoms with Crippen molar-refractivity contribution in [2.45, 2.75) is 37.5 Å². The van der Waals surface area contributed by atoms with Crippen molar-refractivity contribution < 1.29 is 13.2 Å². The standard InChI is InChI=1S/C18H22N2O3S/c1-2-3-5-10-18(21)19-15-11-13-17(14-12-15)24(22,23)20-16-8-6-4-7-9-16/h4,6-9,11-14,20H,2-3,5,10H2,1H3,(H,19,21). The van der Waals surface area contributed by atoms with Gasteiger partial charge in [0.2, 0.25) is 5.91 Å². The number of carbonyl (C=O) groups excluding carboxylic acids is 1. The van der Waals surface area contributed by atoms with Gasteiger partial charge in [0.1, 0.15) is 0 Å². The van der Waals surface area contributed by atoms with Gasteiger partial charge in [-0.15, -0.1) is 0 Å². The van der Waals surface area contributed by atoms with Gasteiger partial charge in [-0.3, -0.25) is 9.52 Å². The summed E-state index contributed by atoms with van der Waals surface area (Å²) in [7, 11) is -3.64. The van der Waals surface area contributed by atoms with Crippen LogP contribution in [-0.2, 0) is 14.8 Å². The first kappa shape index (κ1) is 18.0. The van der Waals surface area contributed by atoms with E-state index in [1.54, 1.807) is 36.4 Å². The average Bonchev–Trinajstić information content (AvgIpc) is 2.56. The number of carbonyl (C=O) groups is 1. The molecular weight excluding hydrogens is 324 g/mol. The van der Waals surface area contributed by atoms with E-state index in [1.165, 1.54) is 12.1 Å². The molecule has 0 aliphatic heterocycles. The lowest BCUT2D eigenvalue weighted by molar-refractivity contribution is -0.116. The third kappa shape index (κ3) is 5.38. The molecule has 0 radical (unpaired) electrons. The highest BCUT2D eigenvalue weighted by Gasteiger charge is 2.14. The number of anilines is 2. The van der Waals surface area contributed by atoms with Gasteiger partial charge < -0.3 is 5.32 Å². The van der Waals surface area contributed by atoms with Crippen molar-refractivity contribution in [2.24, 2.45) is 0 Å². The highest BCUT2D eigenvalue weighted by molar-refractivity contribution is 7.92. The zero-order valence-electron chi connectivity index (χ0n) is 13.7. The average molecular weight is 346 g/mol. The Morgan fingerprint density at radius 1 is 0.917 bits per heavy atom. The van der Waals surface area contributed by atoms with Gasteiger partial charge in [0.25, 0.3) is 10.0 Å². The minimum atomic E-state index is -3.64. The van der Waals surface area contributed by atoms with E-state index in [9.17, 15) is 13.2 Å². The quantitative estimate of drug-likeness (QED) is 0.709. The van der Waals surface area contributed by atoms with Crippen LogP contribution in [0.5, 0.6) is 0 Å². The molecule has 0 unspecified atom stereocenters. The van der Waals surface area contributed by atoms with Crippen LogP contribution in [0, 0.1) is 0 Å². The van der Waals surface area contributed by atoms with E-state index >= 15 is 0 Å². The molecule has 6 heteroatoms. The summed E-state index contributed by atoms with van der Waals surface area (Å²) in [4.78, 5) is 11.9. The smallest absolute Gasteiger partial charge is 0.261 e. The Hall–Kier alpha value is -2.34. The fraction of sp³-hybridized carbons (Fsp3) is 0.278. The van der Waals surface area contributed by atoms with E-state index in [4.69, 9.17) is 0 Å². The maximum absolute atomic E-state index is 12.3. The van der Waals surface area contributed by atoms with Crippen molar-refractivity contribution in [3.05, 3.63) is 54.6 Å². The SMILES string of the molecule is CCCCCC(=O)Nc1ccc(S(=O)(=O)Nc2ccccc2)cc1. The van der Waals surface area contributed by atoms with Gasteiger partial charge in [0.15, 0.2) is 0 Å². The summed E-state index contributed by atoms with van der Waals surface area (Å²) in [6.45, 7) is 2.08. The summed E-state index contributed by atoms with van der Waals surface area (Å²) in [6, 6.07) is 14.8. The van der Waals surface area contributed by atoms with Crippen LogP contribution in [0.3, 0.4) is 0 Å². The van der Waals surface area contributed by atoms with Crippen LogP contribution in [0.2, 0.25) is 0 Å². The van der Waals surface area contributed by atoms with Crippen LogP contribution in [0.15, 0.2) is 59.5 Å². The van der Waals surface area contributed by atoms with Crippen LogP contribution < -0.4 is 10.0 Å². The van der Waals surface area contributed by atoms with Gasteiger partial charge in [-0.1, -0.05) is 38.0 Å². The molecule has 5 nitrogen and oxygen atoms in total. The summed E-state index contributed by atoms with van der Waals surface area (Å²) in [5.41, 5.74) is 1.10. The van der Waals surface area contributed by atoms with Gasteiger partial charge in [0.05, 0.1) is 4.90 Å². The molecule has 0 aliphatic carbocycles. The third-order valence-electron chi connectivity index (χ3n) is 3.48. The lowest BCUT2D eigenvalue weighted by Crippen LogP contribution is -2.14. The van der Waals surface area contributed by atoms with E-state index in [0.717, 1.165) is 19.3 Å². The van der Waals surface area contributed by atoms with Gasteiger partial charge >= 0.3 is 0 Å². The number of hydrogen-bond donors (Lipinski definition) is 2. The molecule has 0 saturated carbocycles. The van der Waals surface area contributed by atoms with E-state index in [2.05, 4.69) is 17.0 Å². The fourth-order valence-electron chi connectivity index (χ4n) is 2.20. The second kappa shape index (κ2) is 8.49. The van der Waals surface area contributed by atoms with E-state index in [0.29, 0.717) is 17.8 Å². The Bertz CT molecular complexity index is 757. The molecule has 0 heterocycles. The highest BCUT2D eigenvalue weighted by Crippen LogP contribution is 2.18. The van der Waals surface area contributed by atoms with Crippen LogP contribution in [-0.4, -0.2) is 14.3 Å². The predicted octanol–water partition coefficient (Wildman–Crippen LogP) is 4.01. The Labute approximate surface area is 143 Å². The minimum absolute atomic E-state index is 0.0542. The van der Waals surface area contributed by atoms with Crippen LogP contribution in [0.1, 0.15) is 32.6 Å². The van der Waals surface area contributed by atoms with E-state index < -0.39 is 10.0 Å². The molecule has 24 heavy (non-hydrogen) atoms. The first-order valence-corrected chi connectivity index (χ1v) is 9.47. The van der Waals surface area contributed by atoms with Gasteiger partial charge in [0, 0.05) is 17.8 Å². The van der Waals surface area contributed by atoms with Gasteiger partial charge in [-0.25, -0.2) is 8.42 Å². The van der Waals surface area contributed by atoms with E-state index in [-0.39, 0.29) is 10.8 Å². The van der Waals surface area contributed by atoms with Crippen LogP contribution in [0.25, 0.3) is 0 Å². The number of sulfonamides is 1. The summed E-state index contributed by atoms with van der Waals surface area (Å²) in [5.74, 6) is -0.0542. The Morgan fingerprint density at radius 2 is 1.58 bits per heavy atom. The zero-order chi connectivity index (χ0) is 17.4. The number of unbranched alkanes of at least 4 members (excludes halogenated alkanes) is 2. The molecule has 0 saturated heterocycles. The topological polar surface area (TPSA) is 75.3 Å². The Kier molecular flexibility index (Phi) is 6.37. The Balaban J connectivity index is 1.99. The van der Waals surface area contributed by atoms with Gasteiger partial charge in [-0.2, -0.15) is 0 Å². The molecule has 128 valence electrons. The largest absolute Gasteiger partial charge is 0.326 e. The lowest BCUT2D eigenvalue weighted by atomic mass is 10.2. The van der Waals surface area contributed by atoms with Crippen LogP contribution in [0.4, 0.5) is 11.4 Å². The number of benzene rings is 2. The second-order valence-corrected chi connectivity index (χ2v) is 7.18. The molecule has 0 atom stereocenters. The maximum Gasteiger partial charge on any atom is 0.261 e. The molecule has 2 N–H and O–H groups in total. The normalized spacial score (nSPS) is 11.0. The molecule has 0 aliphatic rings. The highest BCUT2D eigenvalue weighted by atomic mass is 32.2. The van der Waals surface area contributed by atoms with Crippen molar-refractivity contribution >= 4 is 27.3 Å². The molecule has 0 bridgehead atoms. The summed E-state index contributed by atoms with van der Waals surface area (Å²) in [6.07, 6.45) is 3.42. The van der Waals surface area contributed by atoms with Gasteiger partial charge in [-0.05, 0) is 42.8 Å². The number of para-hydroxylation sites is 1. The minimum Gasteiger partial charge on any atom is -0.326 e. The molecular formula is C18H22N2O3S. The number of nitrogens with one attached hydrogen (secondary N) is 2. The molecule has 0 fully saturated rings. The lowest BCUT2D eigenvalue weighted by Gasteiger charge is -2.09. The molecule has 2 aromatic carbocycles. The number of amides is 1. The van der Waals surface area contributed by atoms with Crippen LogP contribution >= 0.6 is 0 Å². The monoisotopic (exact) mass is 346 g/mol. The summed E-state index contributed by atoms with van der Waals surface area (Å²) < 4.78 is 27.1. The zero-order valence-corrected chi connectivity index (χ0v) is 14.5. The summed E-state index contributed by atoms with van der Waals surface area (Å²) >= 11 is 0. The predicted molar refractivity (Wildman–Crippen MR) is 96.5 cm³/mol. The molecule has 1 amide bonds. The van der Waals surface area contributed by atoms with Crippen molar-refractivity contribution in [2.75, 3.05) is 10.0 Å².